The Labute approximate surface area is 170 Å². The molecule has 0 fully saturated rings. The molecule has 5 heteroatoms. The average Bonchev–Trinajstić information content (AvgIpc) is 3.35. The van der Waals surface area contributed by atoms with E-state index in [-0.39, 0.29) is 12.7 Å². The highest BCUT2D eigenvalue weighted by Gasteiger charge is 2.18. The molecule has 0 radical (unpaired) electrons. The van der Waals surface area contributed by atoms with Gasteiger partial charge in [-0.3, -0.25) is 4.79 Å². The molecule has 2 aliphatic rings. The number of aryl methyl sites for hydroxylation is 2. The van der Waals surface area contributed by atoms with Gasteiger partial charge in [0.2, 0.25) is 6.79 Å². The second kappa shape index (κ2) is 7.32. The van der Waals surface area contributed by atoms with Crippen molar-refractivity contribution >= 4 is 5.91 Å². The Balaban J connectivity index is 1.29. The van der Waals surface area contributed by atoms with E-state index in [1.54, 1.807) is 0 Å². The molecule has 0 spiro atoms. The van der Waals surface area contributed by atoms with Crippen LogP contribution in [0.3, 0.4) is 0 Å². The Hall–Kier alpha value is -3.21. The lowest BCUT2D eigenvalue weighted by Crippen LogP contribution is -2.22. The van der Waals surface area contributed by atoms with Gasteiger partial charge in [-0.2, -0.15) is 0 Å². The molecule has 1 aromatic heterocycles. The lowest BCUT2D eigenvalue weighted by Gasteiger charge is -2.17. The normalized spacial score (nSPS) is 14.5. The van der Waals surface area contributed by atoms with Crippen molar-refractivity contribution in [1.82, 2.24) is 9.88 Å². The molecule has 148 valence electrons. The largest absolute Gasteiger partial charge is 0.454 e. The fourth-order valence-electron chi connectivity index (χ4n) is 4.31. The lowest BCUT2D eigenvalue weighted by atomic mass is 9.98. The number of amides is 1. The Kier molecular flexibility index (Phi) is 4.51. The first kappa shape index (κ1) is 17.9. The Morgan fingerprint density at radius 2 is 1.79 bits per heavy atom. The summed E-state index contributed by atoms with van der Waals surface area (Å²) < 4.78 is 13.0. The van der Waals surface area contributed by atoms with E-state index in [4.69, 9.17) is 9.47 Å². The van der Waals surface area contributed by atoms with Gasteiger partial charge in [0.15, 0.2) is 11.5 Å². The van der Waals surface area contributed by atoms with Crippen molar-refractivity contribution in [2.24, 2.45) is 0 Å². The first-order chi connectivity index (χ1) is 14.2. The third-order valence-electron chi connectivity index (χ3n) is 5.76. The number of carbonyl (C=O) groups excluding carboxylic acids is 1. The monoisotopic (exact) mass is 388 g/mol. The smallest absolute Gasteiger partial charge is 0.251 e. The second-order valence-corrected chi connectivity index (χ2v) is 7.72. The minimum Gasteiger partial charge on any atom is -0.454 e. The van der Waals surface area contributed by atoms with Crippen molar-refractivity contribution < 1.29 is 14.3 Å². The first-order valence-corrected chi connectivity index (χ1v) is 10.2. The molecule has 0 atom stereocenters. The van der Waals surface area contributed by atoms with Gasteiger partial charge in [-0.1, -0.05) is 6.07 Å². The Bertz CT molecular complexity index is 1070. The summed E-state index contributed by atoms with van der Waals surface area (Å²) in [5.74, 6) is 1.39. The molecule has 1 aliphatic heterocycles. The van der Waals surface area contributed by atoms with E-state index in [2.05, 4.69) is 22.9 Å². The molecule has 0 unspecified atom stereocenters. The van der Waals surface area contributed by atoms with Crippen LogP contribution in [0.2, 0.25) is 0 Å². The van der Waals surface area contributed by atoms with Crippen LogP contribution in [0.1, 0.15) is 45.7 Å². The molecule has 3 aromatic rings. The van der Waals surface area contributed by atoms with Crippen LogP contribution in [0.5, 0.6) is 11.5 Å². The van der Waals surface area contributed by atoms with Crippen molar-refractivity contribution in [3.05, 3.63) is 76.6 Å². The minimum absolute atomic E-state index is 0.0829. The van der Waals surface area contributed by atoms with Crippen molar-refractivity contribution in [2.45, 2.75) is 39.2 Å². The zero-order valence-electron chi connectivity index (χ0n) is 16.5. The Morgan fingerprint density at radius 3 is 2.66 bits per heavy atom. The van der Waals surface area contributed by atoms with E-state index in [1.165, 1.54) is 36.2 Å². The molecule has 2 heterocycles. The van der Waals surface area contributed by atoms with E-state index >= 15 is 0 Å². The first-order valence-electron chi connectivity index (χ1n) is 10.2. The fourth-order valence-corrected chi connectivity index (χ4v) is 4.31. The van der Waals surface area contributed by atoms with Crippen molar-refractivity contribution in [3.63, 3.8) is 0 Å². The number of ether oxygens (including phenoxy) is 2. The topological polar surface area (TPSA) is 52.5 Å². The predicted molar refractivity (Wildman–Crippen MR) is 111 cm³/mol. The average molecular weight is 388 g/mol. The minimum atomic E-state index is -0.0829. The number of carbonyl (C=O) groups is 1. The van der Waals surface area contributed by atoms with Gasteiger partial charge in [0.05, 0.1) is 0 Å². The van der Waals surface area contributed by atoms with E-state index in [9.17, 15) is 4.79 Å². The van der Waals surface area contributed by atoms with E-state index < -0.39 is 0 Å². The molecule has 0 bridgehead atoms. The van der Waals surface area contributed by atoms with Crippen LogP contribution in [0.4, 0.5) is 0 Å². The number of aromatic nitrogens is 1. The van der Waals surface area contributed by atoms with E-state index in [1.807, 2.05) is 42.5 Å². The maximum atomic E-state index is 12.6. The highest BCUT2D eigenvalue weighted by molar-refractivity contribution is 5.94. The van der Waals surface area contributed by atoms with Gasteiger partial charge in [0.25, 0.3) is 5.91 Å². The van der Waals surface area contributed by atoms with Gasteiger partial charge < -0.3 is 19.4 Å². The number of hydrogen-bond donors (Lipinski definition) is 1. The molecule has 1 amide bonds. The van der Waals surface area contributed by atoms with Crippen molar-refractivity contribution in [1.29, 1.82) is 0 Å². The molecule has 0 saturated carbocycles. The van der Waals surface area contributed by atoms with Crippen molar-refractivity contribution in [2.75, 3.05) is 6.79 Å². The van der Waals surface area contributed by atoms with Gasteiger partial charge >= 0.3 is 0 Å². The van der Waals surface area contributed by atoms with E-state index in [0.29, 0.717) is 12.1 Å². The zero-order valence-corrected chi connectivity index (χ0v) is 16.5. The number of fused-ring (bicyclic) bond motifs is 2. The molecule has 29 heavy (non-hydrogen) atoms. The summed E-state index contributed by atoms with van der Waals surface area (Å²) in [7, 11) is 0. The fraction of sp³-hybridized carbons (Fsp3) is 0.292. The van der Waals surface area contributed by atoms with Gasteiger partial charge in [-0.25, -0.2) is 0 Å². The molecule has 5 rings (SSSR count). The molecule has 5 nitrogen and oxygen atoms in total. The summed E-state index contributed by atoms with van der Waals surface area (Å²) in [4.78, 5) is 12.6. The molecular formula is C24H24N2O3. The predicted octanol–water partition coefficient (Wildman–Crippen LogP) is 4.32. The van der Waals surface area contributed by atoms with Crippen LogP contribution < -0.4 is 14.8 Å². The lowest BCUT2D eigenvalue weighted by molar-refractivity contribution is 0.0951. The number of nitrogens with zero attached hydrogens (tertiary/aromatic N) is 1. The second-order valence-electron chi connectivity index (χ2n) is 7.72. The van der Waals surface area contributed by atoms with Gasteiger partial charge in [0, 0.05) is 29.2 Å². The Morgan fingerprint density at radius 1 is 1.00 bits per heavy atom. The standard InChI is InChI=1S/C24H24N2O3/c1-16-12-19-4-2-3-5-21(19)26(16)20-9-7-18(8-10-20)24(27)25-14-17-6-11-22-23(13-17)29-15-28-22/h6-13H,2-5,14-15H2,1H3,(H,25,27). The third kappa shape index (κ3) is 3.37. The van der Waals surface area contributed by atoms with Crippen molar-refractivity contribution in [3.8, 4) is 17.2 Å². The maximum absolute atomic E-state index is 12.6. The number of benzene rings is 2. The van der Waals surface area contributed by atoms with Crippen LogP contribution in [0.25, 0.3) is 5.69 Å². The quantitative estimate of drug-likeness (QED) is 0.724. The molecule has 0 saturated heterocycles. The molecule has 1 N–H and O–H groups in total. The SMILES string of the molecule is Cc1cc2c(n1-c1ccc(C(=O)NCc3ccc4c(c3)OCO4)cc1)CCCC2. The van der Waals surface area contributed by atoms with E-state index in [0.717, 1.165) is 29.2 Å². The van der Waals surface area contributed by atoms with Crippen LogP contribution in [-0.4, -0.2) is 17.3 Å². The summed E-state index contributed by atoms with van der Waals surface area (Å²) >= 11 is 0. The third-order valence-corrected chi connectivity index (χ3v) is 5.76. The highest BCUT2D eigenvalue weighted by Crippen LogP contribution is 2.32. The summed E-state index contributed by atoms with van der Waals surface area (Å²) in [6.07, 6.45) is 4.82. The van der Waals surface area contributed by atoms with Gasteiger partial charge in [-0.15, -0.1) is 0 Å². The summed E-state index contributed by atoms with van der Waals surface area (Å²) in [6, 6.07) is 15.9. The summed E-state index contributed by atoms with van der Waals surface area (Å²) in [5.41, 5.74) is 6.92. The molecular weight excluding hydrogens is 364 g/mol. The van der Waals surface area contributed by atoms with Crippen LogP contribution in [0.15, 0.2) is 48.5 Å². The number of hydrogen-bond acceptors (Lipinski definition) is 3. The maximum Gasteiger partial charge on any atom is 0.251 e. The van der Waals surface area contributed by atoms with Crippen LogP contribution in [-0.2, 0) is 19.4 Å². The summed E-state index contributed by atoms with van der Waals surface area (Å²) in [6.45, 7) is 2.85. The molecule has 2 aromatic carbocycles. The zero-order chi connectivity index (χ0) is 19.8. The summed E-state index contributed by atoms with van der Waals surface area (Å²) in [5, 5.41) is 2.98. The van der Waals surface area contributed by atoms with Gasteiger partial charge in [0.1, 0.15) is 0 Å². The highest BCUT2D eigenvalue weighted by atomic mass is 16.7. The van der Waals surface area contributed by atoms with Crippen LogP contribution in [0, 0.1) is 6.92 Å². The van der Waals surface area contributed by atoms with Gasteiger partial charge in [-0.05, 0) is 86.2 Å². The number of rotatable bonds is 4. The number of nitrogens with one attached hydrogen (secondary N) is 1. The molecule has 1 aliphatic carbocycles. The van der Waals surface area contributed by atoms with Crippen LogP contribution >= 0.6 is 0 Å².